The molecule has 0 aliphatic heterocycles. The van der Waals surface area contributed by atoms with Gasteiger partial charge >= 0.3 is 0 Å². The van der Waals surface area contributed by atoms with Crippen molar-refractivity contribution >= 4 is 0 Å². The highest BCUT2D eigenvalue weighted by atomic mass is 16.5. The zero-order valence-corrected chi connectivity index (χ0v) is 11.9. The number of rotatable bonds is 5. The van der Waals surface area contributed by atoms with E-state index in [9.17, 15) is 0 Å². The van der Waals surface area contributed by atoms with Crippen LogP contribution in [0.1, 0.15) is 17.0 Å². The molecule has 108 valence electrons. The molecule has 6 nitrogen and oxygen atoms in total. The summed E-state index contributed by atoms with van der Waals surface area (Å²) in [6.07, 6.45) is 2.60. The van der Waals surface area contributed by atoms with Gasteiger partial charge < -0.3 is 10.3 Å². The van der Waals surface area contributed by atoms with E-state index < -0.39 is 0 Å². The van der Waals surface area contributed by atoms with Crippen LogP contribution in [0.25, 0.3) is 11.3 Å². The normalized spacial score (nSPS) is 11.0. The first-order valence-electron chi connectivity index (χ1n) is 6.86. The second-order valence-corrected chi connectivity index (χ2v) is 4.99. The molecular formula is C15H17N5O. The molecule has 0 saturated carbocycles. The summed E-state index contributed by atoms with van der Waals surface area (Å²) in [5.41, 5.74) is 9.47. The maximum Gasteiger partial charge on any atom is 0.158 e. The molecule has 21 heavy (non-hydrogen) atoms. The average molecular weight is 283 g/mol. The minimum absolute atomic E-state index is 0.510. The molecule has 2 aromatic heterocycles. The minimum atomic E-state index is 0.510. The van der Waals surface area contributed by atoms with E-state index in [-0.39, 0.29) is 0 Å². The molecule has 0 aliphatic carbocycles. The van der Waals surface area contributed by atoms with E-state index in [0.29, 0.717) is 13.1 Å². The van der Waals surface area contributed by atoms with Crippen molar-refractivity contribution in [2.24, 2.45) is 5.73 Å². The Kier molecular flexibility index (Phi) is 3.79. The molecule has 3 aromatic rings. The standard InChI is InChI=1S/C15H17N5O/c1-11-2-4-12(5-3-11)15-8-14(21-18-15)10-20-9-13(6-7-16)17-19-20/h2-5,8-9H,6-7,10,16H2,1H3. The average Bonchev–Trinajstić information content (AvgIpc) is 3.11. The summed E-state index contributed by atoms with van der Waals surface area (Å²) in [7, 11) is 0. The van der Waals surface area contributed by atoms with E-state index >= 15 is 0 Å². The molecule has 0 unspecified atom stereocenters. The van der Waals surface area contributed by atoms with Gasteiger partial charge in [-0.25, -0.2) is 4.68 Å². The van der Waals surface area contributed by atoms with Crippen molar-refractivity contribution < 1.29 is 4.52 Å². The third-order valence-electron chi connectivity index (χ3n) is 3.21. The van der Waals surface area contributed by atoms with Crippen LogP contribution in [-0.2, 0) is 13.0 Å². The predicted octanol–water partition coefficient (Wildman–Crippen LogP) is 1.79. The van der Waals surface area contributed by atoms with E-state index in [2.05, 4.69) is 34.5 Å². The Labute approximate surface area is 122 Å². The van der Waals surface area contributed by atoms with Crippen molar-refractivity contribution in [2.45, 2.75) is 19.9 Å². The number of nitrogens with zero attached hydrogens (tertiary/aromatic N) is 4. The zero-order valence-electron chi connectivity index (χ0n) is 11.9. The second kappa shape index (κ2) is 5.88. The van der Waals surface area contributed by atoms with E-state index in [1.807, 2.05) is 24.4 Å². The molecule has 0 spiro atoms. The predicted molar refractivity (Wildman–Crippen MR) is 78.6 cm³/mol. The third-order valence-corrected chi connectivity index (χ3v) is 3.21. The van der Waals surface area contributed by atoms with Crippen molar-refractivity contribution in [1.29, 1.82) is 0 Å². The van der Waals surface area contributed by atoms with E-state index in [1.165, 1.54) is 5.56 Å². The van der Waals surface area contributed by atoms with Crippen molar-refractivity contribution in [3.63, 3.8) is 0 Å². The molecule has 3 rings (SSSR count). The summed E-state index contributed by atoms with van der Waals surface area (Å²) in [6, 6.07) is 10.1. The van der Waals surface area contributed by atoms with Gasteiger partial charge in [-0.05, 0) is 13.5 Å². The number of aryl methyl sites for hydroxylation is 1. The lowest BCUT2D eigenvalue weighted by molar-refractivity contribution is 0.372. The summed E-state index contributed by atoms with van der Waals surface area (Å²) in [6.45, 7) is 3.14. The highest BCUT2D eigenvalue weighted by Crippen LogP contribution is 2.19. The number of benzene rings is 1. The first kappa shape index (κ1) is 13.5. The van der Waals surface area contributed by atoms with Crippen LogP contribution in [0.5, 0.6) is 0 Å². The van der Waals surface area contributed by atoms with Crippen LogP contribution in [0.2, 0.25) is 0 Å². The Morgan fingerprint density at radius 2 is 2.05 bits per heavy atom. The summed E-state index contributed by atoms with van der Waals surface area (Å²) >= 11 is 0. The smallest absolute Gasteiger partial charge is 0.158 e. The van der Waals surface area contributed by atoms with Gasteiger partial charge in [-0.2, -0.15) is 0 Å². The van der Waals surface area contributed by atoms with Crippen LogP contribution in [0.15, 0.2) is 41.1 Å². The van der Waals surface area contributed by atoms with E-state index in [0.717, 1.165) is 29.1 Å². The fourth-order valence-electron chi connectivity index (χ4n) is 2.09. The van der Waals surface area contributed by atoms with E-state index in [4.69, 9.17) is 10.3 Å². The van der Waals surface area contributed by atoms with Crippen LogP contribution in [0.4, 0.5) is 0 Å². The molecule has 0 amide bonds. The number of hydrogen-bond donors (Lipinski definition) is 1. The molecule has 2 heterocycles. The van der Waals surface area contributed by atoms with Crippen molar-refractivity contribution in [1.82, 2.24) is 20.2 Å². The highest BCUT2D eigenvalue weighted by molar-refractivity contribution is 5.59. The van der Waals surface area contributed by atoms with Gasteiger partial charge in [-0.1, -0.05) is 40.2 Å². The Balaban J connectivity index is 1.73. The van der Waals surface area contributed by atoms with Gasteiger partial charge in [0, 0.05) is 24.2 Å². The second-order valence-electron chi connectivity index (χ2n) is 4.99. The molecule has 1 aromatic carbocycles. The third kappa shape index (κ3) is 3.17. The molecule has 0 saturated heterocycles. The number of aromatic nitrogens is 4. The van der Waals surface area contributed by atoms with Crippen LogP contribution in [0.3, 0.4) is 0 Å². The zero-order chi connectivity index (χ0) is 14.7. The summed E-state index contributed by atoms with van der Waals surface area (Å²) in [4.78, 5) is 0. The van der Waals surface area contributed by atoms with Crippen molar-refractivity contribution in [3.05, 3.63) is 53.5 Å². The van der Waals surface area contributed by atoms with Gasteiger partial charge in [0.05, 0.1) is 5.69 Å². The van der Waals surface area contributed by atoms with Gasteiger partial charge in [0.1, 0.15) is 12.2 Å². The lowest BCUT2D eigenvalue weighted by Gasteiger charge is -1.95. The van der Waals surface area contributed by atoms with Gasteiger partial charge in [0.2, 0.25) is 0 Å². The molecule has 0 bridgehead atoms. The van der Waals surface area contributed by atoms with Gasteiger partial charge in [-0.3, -0.25) is 0 Å². The molecule has 0 aliphatic rings. The monoisotopic (exact) mass is 283 g/mol. The largest absolute Gasteiger partial charge is 0.359 e. The highest BCUT2D eigenvalue weighted by Gasteiger charge is 2.08. The van der Waals surface area contributed by atoms with Crippen LogP contribution >= 0.6 is 0 Å². The summed E-state index contributed by atoms with van der Waals surface area (Å²) in [5, 5.41) is 12.2. The van der Waals surface area contributed by atoms with Crippen LogP contribution in [-0.4, -0.2) is 26.7 Å². The Hall–Kier alpha value is -2.47. The van der Waals surface area contributed by atoms with E-state index in [1.54, 1.807) is 4.68 Å². The first-order valence-corrected chi connectivity index (χ1v) is 6.86. The number of nitrogens with two attached hydrogens (primary N) is 1. The van der Waals surface area contributed by atoms with Gasteiger partial charge in [0.15, 0.2) is 5.76 Å². The fraction of sp³-hybridized carbons (Fsp3) is 0.267. The minimum Gasteiger partial charge on any atom is -0.359 e. The molecule has 2 N–H and O–H groups in total. The molecule has 0 atom stereocenters. The summed E-state index contributed by atoms with van der Waals surface area (Å²) < 4.78 is 7.09. The lowest BCUT2D eigenvalue weighted by atomic mass is 10.1. The van der Waals surface area contributed by atoms with Gasteiger partial charge in [-0.15, -0.1) is 5.10 Å². The number of hydrogen-bond acceptors (Lipinski definition) is 5. The quantitative estimate of drug-likeness (QED) is 0.772. The maximum absolute atomic E-state index is 5.50. The topological polar surface area (TPSA) is 82.8 Å². The van der Waals surface area contributed by atoms with Gasteiger partial charge in [0.25, 0.3) is 0 Å². The Morgan fingerprint density at radius 1 is 1.24 bits per heavy atom. The lowest BCUT2D eigenvalue weighted by Crippen LogP contribution is -2.02. The van der Waals surface area contributed by atoms with Crippen LogP contribution < -0.4 is 5.73 Å². The van der Waals surface area contributed by atoms with Crippen LogP contribution in [0, 0.1) is 6.92 Å². The SMILES string of the molecule is Cc1ccc(-c2cc(Cn3cc(CCN)nn3)on2)cc1. The maximum atomic E-state index is 5.50. The Bertz CT molecular complexity index is 714. The molecule has 0 fully saturated rings. The molecular weight excluding hydrogens is 266 g/mol. The molecule has 0 radical (unpaired) electrons. The van der Waals surface area contributed by atoms with Crippen molar-refractivity contribution in [2.75, 3.05) is 6.54 Å². The first-order chi connectivity index (χ1) is 10.2. The summed E-state index contributed by atoms with van der Waals surface area (Å²) in [5.74, 6) is 0.745. The molecule has 6 heteroatoms. The fourth-order valence-corrected chi connectivity index (χ4v) is 2.09. The Morgan fingerprint density at radius 3 is 2.81 bits per heavy atom. The van der Waals surface area contributed by atoms with Crippen molar-refractivity contribution in [3.8, 4) is 11.3 Å².